The second-order valence-corrected chi connectivity index (χ2v) is 6.84. The number of aromatic nitrogens is 1. The average molecular weight is 356 g/mol. The number of β-amino-alcohol motifs (C(OH)–C–C–N with tert-alkyl or cyclic N) is 1. The molecule has 1 atom stereocenters. The van der Waals surface area contributed by atoms with Gasteiger partial charge >= 0.3 is 0 Å². The highest BCUT2D eigenvalue weighted by Gasteiger charge is 2.25. The molecular formula is C20H24N2O4. The molecule has 1 N–H and O–H groups in total. The third-order valence-corrected chi connectivity index (χ3v) is 4.85. The zero-order chi connectivity index (χ0) is 17.8. The number of aliphatic hydroxyl groups excluding tert-OH is 1. The monoisotopic (exact) mass is 356 g/mol. The maximum Gasteiger partial charge on any atom is 0.198 e. The molecule has 1 aromatic carbocycles. The summed E-state index contributed by atoms with van der Waals surface area (Å²) in [5.74, 6) is 1.97. The number of nitrogens with zero attached hydrogens (tertiary/aromatic N) is 2. The third-order valence-electron chi connectivity index (χ3n) is 4.85. The molecule has 0 bridgehead atoms. The van der Waals surface area contributed by atoms with Gasteiger partial charge in [0.25, 0.3) is 0 Å². The van der Waals surface area contributed by atoms with Gasteiger partial charge in [-0.05, 0) is 50.2 Å². The Kier molecular flexibility index (Phi) is 5.34. The summed E-state index contributed by atoms with van der Waals surface area (Å²) < 4.78 is 16.6. The van der Waals surface area contributed by atoms with Crippen molar-refractivity contribution < 1.29 is 18.7 Å². The van der Waals surface area contributed by atoms with Crippen molar-refractivity contribution >= 4 is 11.1 Å². The lowest BCUT2D eigenvalue weighted by atomic mass is 9.96. The first-order chi connectivity index (χ1) is 12.8. The van der Waals surface area contributed by atoms with Gasteiger partial charge < -0.3 is 23.6 Å². The lowest BCUT2D eigenvalue weighted by Crippen LogP contribution is -2.39. The first kappa shape index (κ1) is 17.3. The van der Waals surface area contributed by atoms with E-state index >= 15 is 0 Å². The molecule has 6 nitrogen and oxygen atoms in total. The van der Waals surface area contributed by atoms with Crippen molar-refractivity contribution in [2.45, 2.75) is 31.5 Å². The minimum atomic E-state index is -0.495. The predicted octanol–water partition coefficient (Wildman–Crippen LogP) is 3.18. The number of piperidine rings is 1. The molecule has 26 heavy (non-hydrogen) atoms. The van der Waals surface area contributed by atoms with E-state index in [0.717, 1.165) is 48.7 Å². The molecule has 1 aliphatic rings. The average Bonchev–Trinajstić information content (AvgIpc) is 3.31. The quantitative estimate of drug-likeness (QED) is 0.701. The summed E-state index contributed by atoms with van der Waals surface area (Å²) in [6.07, 6.45) is 3.11. The Labute approximate surface area is 152 Å². The molecule has 0 radical (unpaired) electrons. The fourth-order valence-corrected chi connectivity index (χ4v) is 3.47. The van der Waals surface area contributed by atoms with Gasteiger partial charge in [0.1, 0.15) is 17.9 Å². The zero-order valence-corrected chi connectivity index (χ0v) is 14.7. The lowest BCUT2D eigenvalue weighted by Gasteiger charge is -2.31. The number of benzene rings is 1. The van der Waals surface area contributed by atoms with Crippen LogP contribution in [-0.2, 0) is 11.3 Å². The molecule has 3 aromatic rings. The van der Waals surface area contributed by atoms with Gasteiger partial charge in [0, 0.05) is 12.5 Å². The first-order valence-electron chi connectivity index (χ1n) is 9.14. The number of rotatable bonds is 7. The SMILES string of the molecule is OC(COCc1ccco1)CN1CCC(c2nc3ccccc3o2)CC1. The summed E-state index contributed by atoms with van der Waals surface area (Å²) in [6, 6.07) is 11.6. The Morgan fingerprint density at radius 2 is 2.04 bits per heavy atom. The molecule has 0 amide bonds. The summed E-state index contributed by atoms with van der Waals surface area (Å²) in [6.45, 7) is 3.19. The molecular weight excluding hydrogens is 332 g/mol. The summed E-state index contributed by atoms with van der Waals surface area (Å²) in [4.78, 5) is 6.90. The summed E-state index contributed by atoms with van der Waals surface area (Å²) in [7, 11) is 0. The summed E-state index contributed by atoms with van der Waals surface area (Å²) in [5, 5.41) is 10.2. The number of hydrogen-bond donors (Lipinski definition) is 1. The van der Waals surface area contributed by atoms with Crippen LogP contribution in [-0.4, -0.2) is 47.3 Å². The van der Waals surface area contributed by atoms with Crippen LogP contribution in [0.15, 0.2) is 51.5 Å². The van der Waals surface area contributed by atoms with Crippen LogP contribution in [0.25, 0.3) is 11.1 Å². The van der Waals surface area contributed by atoms with Crippen LogP contribution in [0, 0.1) is 0 Å². The van der Waals surface area contributed by atoms with E-state index < -0.39 is 6.10 Å². The summed E-state index contributed by atoms with van der Waals surface area (Å²) in [5.41, 5.74) is 1.78. The zero-order valence-electron chi connectivity index (χ0n) is 14.7. The van der Waals surface area contributed by atoms with Crippen LogP contribution in [0.4, 0.5) is 0 Å². The Morgan fingerprint density at radius 1 is 1.19 bits per heavy atom. The van der Waals surface area contributed by atoms with Crippen molar-refractivity contribution in [3.05, 3.63) is 54.3 Å². The number of fused-ring (bicyclic) bond motifs is 1. The number of oxazole rings is 1. The van der Waals surface area contributed by atoms with Crippen molar-refractivity contribution in [1.29, 1.82) is 0 Å². The van der Waals surface area contributed by atoms with E-state index in [2.05, 4.69) is 9.88 Å². The number of furan rings is 1. The second-order valence-electron chi connectivity index (χ2n) is 6.84. The molecule has 0 aliphatic carbocycles. The van der Waals surface area contributed by atoms with Crippen LogP contribution in [0.3, 0.4) is 0 Å². The lowest BCUT2D eigenvalue weighted by molar-refractivity contribution is 0.00139. The second kappa shape index (κ2) is 8.03. The van der Waals surface area contributed by atoms with Gasteiger partial charge in [-0.1, -0.05) is 12.1 Å². The van der Waals surface area contributed by atoms with E-state index in [1.807, 2.05) is 36.4 Å². The molecule has 4 rings (SSSR count). The molecule has 6 heteroatoms. The number of hydrogen-bond acceptors (Lipinski definition) is 6. The smallest absolute Gasteiger partial charge is 0.198 e. The van der Waals surface area contributed by atoms with E-state index in [4.69, 9.17) is 13.6 Å². The van der Waals surface area contributed by atoms with E-state index in [1.165, 1.54) is 0 Å². The topological polar surface area (TPSA) is 71.9 Å². The fourth-order valence-electron chi connectivity index (χ4n) is 3.47. The Hall–Kier alpha value is -2.15. The van der Waals surface area contributed by atoms with Gasteiger partial charge in [-0.25, -0.2) is 4.98 Å². The molecule has 138 valence electrons. The van der Waals surface area contributed by atoms with Crippen molar-refractivity contribution in [3.63, 3.8) is 0 Å². The van der Waals surface area contributed by atoms with E-state index in [9.17, 15) is 5.11 Å². The fraction of sp³-hybridized carbons (Fsp3) is 0.450. The molecule has 3 heterocycles. The van der Waals surface area contributed by atoms with Gasteiger partial charge in [-0.2, -0.15) is 0 Å². The Bertz CT molecular complexity index is 773. The largest absolute Gasteiger partial charge is 0.467 e. The molecule has 0 spiro atoms. The minimum absolute atomic E-state index is 0.311. The van der Waals surface area contributed by atoms with Crippen LogP contribution >= 0.6 is 0 Å². The van der Waals surface area contributed by atoms with Gasteiger partial charge in [0.05, 0.1) is 19.0 Å². The van der Waals surface area contributed by atoms with Gasteiger partial charge in [0.15, 0.2) is 11.5 Å². The Balaban J connectivity index is 1.21. The van der Waals surface area contributed by atoms with Crippen LogP contribution in [0.5, 0.6) is 0 Å². The molecule has 1 fully saturated rings. The maximum absolute atomic E-state index is 10.2. The minimum Gasteiger partial charge on any atom is -0.467 e. The maximum atomic E-state index is 10.2. The predicted molar refractivity (Wildman–Crippen MR) is 96.8 cm³/mol. The van der Waals surface area contributed by atoms with Crippen molar-refractivity contribution in [3.8, 4) is 0 Å². The number of ether oxygens (including phenoxy) is 1. The van der Waals surface area contributed by atoms with Crippen LogP contribution < -0.4 is 0 Å². The van der Waals surface area contributed by atoms with Crippen molar-refractivity contribution in [2.24, 2.45) is 0 Å². The van der Waals surface area contributed by atoms with E-state index in [1.54, 1.807) is 6.26 Å². The van der Waals surface area contributed by atoms with E-state index in [0.29, 0.717) is 25.7 Å². The van der Waals surface area contributed by atoms with Crippen molar-refractivity contribution in [1.82, 2.24) is 9.88 Å². The molecule has 0 saturated carbocycles. The van der Waals surface area contributed by atoms with Crippen molar-refractivity contribution in [2.75, 3.05) is 26.2 Å². The van der Waals surface area contributed by atoms with E-state index in [-0.39, 0.29) is 0 Å². The molecule has 1 aliphatic heterocycles. The van der Waals surface area contributed by atoms with Gasteiger partial charge in [-0.3, -0.25) is 0 Å². The van der Waals surface area contributed by atoms with Gasteiger partial charge in [-0.15, -0.1) is 0 Å². The van der Waals surface area contributed by atoms with Crippen LogP contribution in [0.1, 0.15) is 30.4 Å². The highest BCUT2D eigenvalue weighted by atomic mass is 16.5. The third kappa shape index (κ3) is 4.15. The molecule has 1 saturated heterocycles. The standard InChI is InChI=1S/C20H24N2O4/c23-16(13-24-14-17-4-3-11-25-17)12-22-9-7-15(8-10-22)20-21-18-5-1-2-6-19(18)26-20/h1-6,11,15-16,23H,7-10,12-14H2. The van der Waals surface area contributed by atoms with Gasteiger partial charge in [0.2, 0.25) is 0 Å². The number of likely N-dealkylation sites (tertiary alicyclic amines) is 1. The number of para-hydroxylation sites is 2. The number of aliphatic hydroxyl groups is 1. The normalized spacial score (nSPS) is 17.7. The highest BCUT2D eigenvalue weighted by Crippen LogP contribution is 2.29. The first-order valence-corrected chi connectivity index (χ1v) is 9.14. The van der Waals surface area contributed by atoms with Crippen LogP contribution in [0.2, 0.25) is 0 Å². The molecule has 2 aromatic heterocycles. The molecule has 1 unspecified atom stereocenters. The Morgan fingerprint density at radius 3 is 2.81 bits per heavy atom. The summed E-state index contributed by atoms with van der Waals surface area (Å²) >= 11 is 0. The highest BCUT2D eigenvalue weighted by molar-refractivity contribution is 5.72.